The van der Waals surface area contributed by atoms with Crippen LogP contribution < -0.4 is 5.32 Å². The minimum atomic E-state index is -0.388. The molecule has 6 nitrogen and oxygen atoms in total. The summed E-state index contributed by atoms with van der Waals surface area (Å²) < 4.78 is 11.2. The maximum atomic E-state index is 11.7. The molecule has 0 saturated carbocycles. The number of furan rings is 1. The van der Waals surface area contributed by atoms with Crippen LogP contribution in [0.25, 0.3) is 22.6 Å². The van der Waals surface area contributed by atoms with E-state index < -0.39 is 0 Å². The molecule has 0 aliphatic carbocycles. The smallest absolute Gasteiger partial charge is 0.308 e. The molecule has 0 saturated heterocycles. The number of rotatable bonds is 3. The minimum absolute atomic E-state index is 0.0663. The summed E-state index contributed by atoms with van der Waals surface area (Å²) in [5.74, 6) is 0.260. The van der Waals surface area contributed by atoms with Crippen molar-refractivity contribution in [2.75, 3.05) is 6.54 Å². The van der Waals surface area contributed by atoms with E-state index in [4.69, 9.17) is 8.83 Å². The van der Waals surface area contributed by atoms with Crippen LogP contribution in [0.1, 0.15) is 28.7 Å². The molecule has 0 aliphatic rings. The lowest BCUT2D eigenvalue weighted by atomic mass is 10.1. The highest BCUT2D eigenvalue weighted by Crippen LogP contribution is 2.33. The van der Waals surface area contributed by atoms with Crippen LogP contribution in [0.5, 0.6) is 0 Å². The van der Waals surface area contributed by atoms with Crippen LogP contribution in [0.2, 0.25) is 0 Å². The Morgan fingerprint density at radius 2 is 2.05 bits per heavy atom. The zero-order valence-electron chi connectivity index (χ0n) is 12.1. The molecule has 0 fully saturated rings. The third-order valence-corrected chi connectivity index (χ3v) is 3.31. The van der Waals surface area contributed by atoms with E-state index >= 15 is 0 Å². The molecule has 0 atom stereocenters. The number of carbonyl (C=O) groups excluding carboxylic acids is 1. The highest BCUT2D eigenvalue weighted by molar-refractivity contribution is 5.90. The van der Waals surface area contributed by atoms with Crippen molar-refractivity contribution in [3.05, 3.63) is 35.2 Å². The van der Waals surface area contributed by atoms with E-state index in [0.29, 0.717) is 12.3 Å². The summed E-state index contributed by atoms with van der Waals surface area (Å²) in [6.07, 6.45) is 0. The van der Waals surface area contributed by atoms with Crippen LogP contribution in [0.3, 0.4) is 0 Å². The Morgan fingerprint density at radius 1 is 1.24 bits per heavy atom. The van der Waals surface area contributed by atoms with E-state index in [2.05, 4.69) is 15.5 Å². The fourth-order valence-corrected chi connectivity index (χ4v) is 2.23. The summed E-state index contributed by atoms with van der Waals surface area (Å²) >= 11 is 0. The Balaban J connectivity index is 2.07. The number of hydrogen-bond donors (Lipinski definition) is 1. The molecule has 1 N–H and O–H groups in total. The van der Waals surface area contributed by atoms with Crippen LogP contribution in [0, 0.1) is 13.8 Å². The molecule has 3 rings (SSSR count). The maximum Gasteiger partial charge on any atom is 0.308 e. The second-order valence-corrected chi connectivity index (χ2v) is 4.78. The van der Waals surface area contributed by atoms with Gasteiger partial charge in [-0.25, -0.2) is 0 Å². The summed E-state index contributed by atoms with van der Waals surface area (Å²) in [6.45, 7) is 6.22. The van der Waals surface area contributed by atoms with Crippen molar-refractivity contribution in [3.63, 3.8) is 0 Å². The van der Waals surface area contributed by atoms with Crippen molar-refractivity contribution in [1.29, 1.82) is 0 Å². The molecule has 2 heterocycles. The summed E-state index contributed by atoms with van der Waals surface area (Å²) in [5.41, 5.74) is 2.74. The number of aromatic nitrogens is 2. The molecule has 0 radical (unpaired) electrons. The molecule has 0 bridgehead atoms. The molecule has 6 heteroatoms. The van der Waals surface area contributed by atoms with E-state index in [1.165, 1.54) is 0 Å². The predicted octanol–water partition coefficient (Wildman–Crippen LogP) is 2.85. The highest BCUT2D eigenvalue weighted by atomic mass is 16.4. The Labute approximate surface area is 121 Å². The van der Waals surface area contributed by atoms with Gasteiger partial charge in [-0.2, -0.15) is 0 Å². The fourth-order valence-electron chi connectivity index (χ4n) is 2.23. The Hall–Kier alpha value is -2.63. The van der Waals surface area contributed by atoms with Gasteiger partial charge in [-0.15, -0.1) is 10.2 Å². The molecule has 108 valence electrons. The van der Waals surface area contributed by atoms with Gasteiger partial charge in [0.05, 0.1) is 0 Å². The van der Waals surface area contributed by atoms with Crippen molar-refractivity contribution in [2.24, 2.45) is 0 Å². The average molecular weight is 285 g/mol. The van der Waals surface area contributed by atoms with Crippen LogP contribution in [-0.2, 0) is 0 Å². The van der Waals surface area contributed by atoms with E-state index in [-0.39, 0.29) is 17.7 Å². The predicted molar refractivity (Wildman–Crippen MR) is 77.0 cm³/mol. The zero-order valence-corrected chi connectivity index (χ0v) is 12.1. The van der Waals surface area contributed by atoms with Gasteiger partial charge >= 0.3 is 11.8 Å². The van der Waals surface area contributed by atoms with Gasteiger partial charge in [0.2, 0.25) is 0 Å². The number of amides is 1. The van der Waals surface area contributed by atoms with Gasteiger partial charge < -0.3 is 14.2 Å². The second-order valence-electron chi connectivity index (χ2n) is 4.78. The lowest BCUT2D eigenvalue weighted by molar-refractivity contribution is 0.0921. The van der Waals surface area contributed by atoms with E-state index in [1.807, 2.05) is 39.0 Å². The Kier molecular flexibility index (Phi) is 3.21. The minimum Gasteiger partial charge on any atom is -0.450 e. The van der Waals surface area contributed by atoms with Gasteiger partial charge in [-0.1, -0.05) is 18.2 Å². The van der Waals surface area contributed by atoms with Crippen molar-refractivity contribution in [1.82, 2.24) is 15.5 Å². The molecule has 0 spiro atoms. The number of benzene rings is 1. The molecule has 2 aromatic heterocycles. The van der Waals surface area contributed by atoms with Gasteiger partial charge in [-0.05, 0) is 26.3 Å². The quantitative estimate of drug-likeness (QED) is 0.800. The van der Waals surface area contributed by atoms with Crippen LogP contribution in [0.15, 0.2) is 27.0 Å². The standard InChI is InChI=1S/C15H15N3O3/c1-4-16-13(19)15-18-17-14(21-15)12-9(3)10-7-5-6-8(2)11(10)20-12/h5-7H,4H2,1-3H3,(H,16,19). The first-order chi connectivity index (χ1) is 10.1. The number of nitrogens with zero attached hydrogens (tertiary/aromatic N) is 2. The van der Waals surface area contributed by atoms with Gasteiger partial charge in [0, 0.05) is 17.5 Å². The van der Waals surface area contributed by atoms with Crippen LogP contribution >= 0.6 is 0 Å². The molecular formula is C15H15N3O3. The molecule has 21 heavy (non-hydrogen) atoms. The summed E-state index contributed by atoms with van der Waals surface area (Å²) in [6, 6.07) is 5.92. The van der Waals surface area contributed by atoms with Gasteiger partial charge in [0.15, 0.2) is 5.76 Å². The van der Waals surface area contributed by atoms with E-state index in [9.17, 15) is 4.79 Å². The highest BCUT2D eigenvalue weighted by Gasteiger charge is 2.21. The van der Waals surface area contributed by atoms with Crippen molar-refractivity contribution < 1.29 is 13.6 Å². The second kappa shape index (κ2) is 5.05. The zero-order chi connectivity index (χ0) is 15.0. The third kappa shape index (κ3) is 2.18. The Morgan fingerprint density at radius 3 is 2.76 bits per heavy atom. The molecule has 0 unspecified atom stereocenters. The van der Waals surface area contributed by atoms with Gasteiger partial charge in [0.1, 0.15) is 5.58 Å². The molecule has 1 aromatic carbocycles. The first kappa shape index (κ1) is 13.4. The number of carbonyl (C=O) groups is 1. The lowest BCUT2D eigenvalue weighted by Crippen LogP contribution is -2.22. The number of fused-ring (bicyclic) bond motifs is 1. The number of nitrogens with one attached hydrogen (secondary N) is 1. The monoisotopic (exact) mass is 285 g/mol. The summed E-state index contributed by atoms with van der Waals surface area (Å²) in [4.78, 5) is 11.7. The summed E-state index contributed by atoms with van der Waals surface area (Å²) in [7, 11) is 0. The third-order valence-electron chi connectivity index (χ3n) is 3.31. The normalized spacial score (nSPS) is 11.0. The van der Waals surface area contributed by atoms with E-state index in [1.54, 1.807) is 0 Å². The SMILES string of the molecule is CCNC(=O)c1nnc(-c2oc3c(C)cccc3c2C)o1. The van der Waals surface area contributed by atoms with Gasteiger partial charge in [-0.3, -0.25) is 4.79 Å². The Bertz CT molecular complexity index is 817. The molecular weight excluding hydrogens is 270 g/mol. The number of para-hydroxylation sites is 1. The van der Waals surface area contributed by atoms with Crippen LogP contribution in [-0.4, -0.2) is 22.6 Å². The average Bonchev–Trinajstić information content (AvgIpc) is 3.06. The van der Waals surface area contributed by atoms with Gasteiger partial charge in [0.25, 0.3) is 5.89 Å². The first-order valence-corrected chi connectivity index (χ1v) is 6.72. The summed E-state index contributed by atoms with van der Waals surface area (Å²) in [5, 5.41) is 11.3. The van der Waals surface area contributed by atoms with Crippen molar-refractivity contribution >= 4 is 16.9 Å². The largest absolute Gasteiger partial charge is 0.450 e. The lowest BCUT2D eigenvalue weighted by Gasteiger charge is -1.94. The first-order valence-electron chi connectivity index (χ1n) is 6.72. The molecule has 0 aliphatic heterocycles. The van der Waals surface area contributed by atoms with Crippen molar-refractivity contribution in [2.45, 2.75) is 20.8 Å². The number of hydrogen-bond acceptors (Lipinski definition) is 5. The van der Waals surface area contributed by atoms with E-state index in [0.717, 1.165) is 22.1 Å². The van der Waals surface area contributed by atoms with Crippen molar-refractivity contribution in [3.8, 4) is 11.7 Å². The topological polar surface area (TPSA) is 81.2 Å². The fraction of sp³-hybridized carbons (Fsp3) is 0.267. The molecule has 1 amide bonds. The number of aryl methyl sites for hydroxylation is 2. The van der Waals surface area contributed by atoms with Crippen LogP contribution in [0.4, 0.5) is 0 Å². The maximum absolute atomic E-state index is 11.7. The molecule has 3 aromatic rings.